The van der Waals surface area contributed by atoms with Crippen LogP contribution >= 0.6 is 11.8 Å². The van der Waals surface area contributed by atoms with Crippen molar-refractivity contribution < 1.29 is 13.6 Å². The summed E-state index contributed by atoms with van der Waals surface area (Å²) in [7, 11) is 0. The van der Waals surface area contributed by atoms with Crippen molar-refractivity contribution in [3.8, 4) is 0 Å². The molecule has 0 saturated heterocycles. The molecule has 0 radical (unpaired) electrons. The van der Waals surface area contributed by atoms with Gasteiger partial charge in [-0.25, -0.2) is 8.78 Å². The van der Waals surface area contributed by atoms with Crippen LogP contribution in [0.2, 0.25) is 0 Å². The second-order valence-electron chi connectivity index (χ2n) is 4.80. The maximum Gasteiger partial charge on any atom is 0.254 e. The first-order valence-corrected chi connectivity index (χ1v) is 7.62. The fourth-order valence-corrected chi connectivity index (χ4v) is 3.53. The van der Waals surface area contributed by atoms with Crippen LogP contribution in [0.15, 0.2) is 47.4 Å². The third kappa shape index (κ3) is 2.78. The van der Waals surface area contributed by atoms with Crippen LogP contribution in [0.5, 0.6) is 0 Å². The van der Waals surface area contributed by atoms with E-state index < -0.39 is 17.5 Å². The topological polar surface area (TPSA) is 29.1 Å². The SMILES string of the molecule is O=C(NC1CCSc2ccccc21)c1cccc(F)c1F. The van der Waals surface area contributed by atoms with Gasteiger partial charge < -0.3 is 5.32 Å². The number of nitrogens with one attached hydrogen (secondary N) is 1. The van der Waals surface area contributed by atoms with Gasteiger partial charge in [-0.05, 0) is 30.2 Å². The molecule has 1 N–H and O–H groups in total. The summed E-state index contributed by atoms with van der Waals surface area (Å²) < 4.78 is 26.9. The number of hydrogen-bond donors (Lipinski definition) is 1. The van der Waals surface area contributed by atoms with Gasteiger partial charge in [-0.2, -0.15) is 0 Å². The average molecular weight is 305 g/mol. The van der Waals surface area contributed by atoms with Crippen LogP contribution in [0.25, 0.3) is 0 Å². The standard InChI is InChI=1S/C16H13F2NOS/c17-12-6-3-5-11(15(12)18)16(20)19-13-8-9-21-14-7-2-1-4-10(13)14/h1-7,13H,8-9H2,(H,19,20). The van der Waals surface area contributed by atoms with E-state index in [4.69, 9.17) is 0 Å². The maximum absolute atomic E-state index is 13.7. The van der Waals surface area contributed by atoms with Gasteiger partial charge in [0.1, 0.15) is 0 Å². The van der Waals surface area contributed by atoms with Crippen molar-refractivity contribution in [2.75, 3.05) is 5.75 Å². The normalized spacial score (nSPS) is 17.1. The van der Waals surface area contributed by atoms with Crippen LogP contribution in [0.4, 0.5) is 8.78 Å². The van der Waals surface area contributed by atoms with Crippen molar-refractivity contribution in [3.05, 3.63) is 65.2 Å². The zero-order valence-corrected chi connectivity index (χ0v) is 11.9. The first-order chi connectivity index (χ1) is 10.2. The molecule has 2 aromatic carbocycles. The lowest BCUT2D eigenvalue weighted by atomic mass is 10.0. The molecule has 1 atom stereocenters. The Morgan fingerprint density at radius 1 is 1.14 bits per heavy atom. The van der Waals surface area contributed by atoms with E-state index in [9.17, 15) is 13.6 Å². The Morgan fingerprint density at radius 2 is 1.95 bits per heavy atom. The van der Waals surface area contributed by atoms with Gasteiger partial charge in [0.15, 0.2) is 11.6 Å². The van der Waals surface area contributed by atoms with E-state index in [2.05, 4.69) is 5.32 Å². The zero-order chi connectivity index (χ0) is 14.8. The summed E-state index contributed by atoms with van der Waals surface area (Å²) in [6.07, 6.45) is 0.768. The predicted molar refractivity (Wildman–Crippen MR) is 78.3 cm³/mol. The summed E-state index contributed by atoms with van der Waals surface area (Å²) >= 11 is 1.74. The van der Waals surface area contributed by atoms with Crippen molar-refractivity contribution >= 4 is 17.7 Å². The Bertz CT molecular complexity index is 690. The summed E-state index contributed by atoms with van der Waals surface area (Å²) in [6, 6.07) is 11.3. The molecule has 108 valence electrons. The first kappa shape index (κ1) is 14.1. The van der Waals surface area contributed by atoms with Crippen LogP contribution in [0.3, 0.4) is 0 Å². The largest absolute Gasteiger partial charge is 0.345 e. The van der Waals surface area contributed by atoms with E-state index in [1.165, 1.54) is 12.1 Å². The first-order valence-electron chi connectivity index (χ1n) is 6.63. The van der Waals surface area contributed by atoms with Gasteiger partial charge in [0.2, 0.25) is 0 Å². The molecule has 1 aliphatic heterocycles. The molecule has 0 aliphatic carbocycles. The average Bonchev–Trinajstić information content (AvgIpc) is 2.50. The molecule has 2 nitrogen and oxygen atoms in total. The molecule has 0 fully saturated rings. The van der Waals surface area contributed by atoms with Crippen LogP contribution in [0, 0.1) is 11.6 Å². The minimum atomic E-state index is -1.10. The highest BCUT2D eigenvalue weighted by Gasteiger charge is 2.24. The lowest BCUT2D eigenvalue weighted by Crippen LogP contribution is -2.31. The van der Waals surface area contributed by atoms with Crippen molar-refractivity contribution in [2.45, 2.75) is 17.4 Å². The van der Waals surface area contributed by atoms with Gasteiger partial charge >= 0.3 is 0 Å². The number of rotatable bonds is 2. The Morgan fingerprint density at radius 3 is 2.81 bits per heavy atom. The number of hydrogen-bond acceptors (Lipinski definition) is 2. The van der Waals surface area contributed by atoms with E-state index in [1.807, 2.05) is 24.3 Å². The Hall–Kier alpha value is -1.88. The van der Waals surface area contributed by atoms with Gasteiger partial charge in [-0.15, -0.1) is 11.8 Å². The van der Waals surface area contributed by atoms with Crippen LogP contribution < -0.4 is 5.32 Å². The third-order valence-electron chi connectivity index (χ3n) is 3.46. The lowest BCUT2D eigenvalue weighted by molar-refractivity contribution is 0.0930. The molecule has 0 bridgehead atoms. The van der Waals surface area contributed by atoms with Crippen molar-refractivity contribution in [2.24, 2.45) is 0 Å². The number of benzene rings is 2. The highest BCUT2D eigenvalue weighted by molar-refractivity contribution is 7.99. The summed E-state index contributed by atoms with van der Waals surface area (Å²) in [6.45, 7) is 0. The highest BCUT2D eigenvalue weighted by atomic mass is 32.2. The molecule has 1 aliphatic rings. The number of carbonyl (C=O) groups excluding carboxylic acids is 1. The Kier molecular flexibility index (Phi) is 3.92. The molecule has 1 amide bonds. The van der Waals surface area contributed by atoms with Gasteiger partial charge in [0.25, 0.3) is 5.91 Å². The van der Waals surface area contributed by atoms with E-state index in [0.717, 1.165) is 28.7 Å². The summed E-state index contributed by atoms with van der Waals surface area (Å²) in [5, 5.41) is 2.80. The van der Waals surface area contributed by atoms with Crippen molar-refractivity contribution in [3.63, 3.8) is 0 Å². The monoisotopic (exact) mass is 305 g/mol. The third-order valence-corrected chi connectivity index (χ3v) is 4.58. The van der Waals surface area contributed by atoms with Gasteiger partial charge in [0, 0.05) is 10.6 Å². The number of halogens is 2. The minimum absolute atomic E-state index is 0.169. The second-order valence-corrected chi connectivity index (χ2v) is 5.94. The molecular weight excluding hydrogens is 292 g/mol. The van der Waals surface area contributed by atoms with Gasteiger partial charge in [-0.3, -0.25) is 4.79 Å². The maximum atomic E-state index is 13.7. The van der Waals surface area contributed by atoms with Crippen molar-refractivity contribution in [1.29, 1.82) is 0 Å². The van der Waals surface area contributed by atoms with Crippen LogP contribution in [0.1, 0.15) is 28.4 Å². The molecule has 0 spiro atoms. The summed E-state index contributed by atoms with van der Waals surface area (Å²) in [5.41, 5.74) is 0.768. The van der Waals surface area contributed by atoms with E-state index in [-0.39, 0.29) is 11.6 Å². The van der Waals surface area contributed by atoms with Crippen LogP contribution in [-0.4, -0.2) is 11.7 Å². The number of fused-ring (bicyclic) bond motifs is 1. The van der Waals surface area contributed by atoms with Crippen molar-refractivity contribution in [1.82, 2.24) is 5.32 Å². The fraction of sp³-hybridized carbons (Fsp3) is 0.188. The minimum Gasteiger partial charge on any atom is -0.345 e. The molecule has 0 aromatic heterocycles. The summed E-state index contributed by atoms with van der Waals surface area (Å²) in [4.78, 5) is 13.3. The number of carbonyl (C=O) groups is 1. The van der Waals surface area contributed by atoms with E-state index in [1.54, 1.807) is 11.8 Å². The zero-order valence-electron chi connectivity index (χ0n) is 11.1. The molecule has 21 heavy (non-hydrogen) atoms. The molecule has 1 heterocycles. The summed E-state index contributed by atoms with van der Waals surface area (Å²) in [5.74, 6) is -1.82. The van der Waals surface area contributed by atoms with E-state index in [0.29, 0.717) is 0 Å². The fourth-order valence-electron chi connectivity index (χ4n) is 2.41. The molecule has 5 heteroatoms. The molecule has 2 aromatic rings. The highest BCUT2D eigenvalue weighted by Crippen LogP contribution is 2.35. The second kappa shape index (κ2) is 5.85. The molecule has 3 rings (SSSR count). The van der Waals surface area contributed by atoms with E-state index >= 15 is 0 Å². The predicted octanol–water partition coefficient (Wildman–Crippen LogP) is 3.93. The smallest absolute Gasteiger partial charge is 0.254 e. The lowest BCUT2D eigenvalue weighted by Gasteiger charge is -2.26. The quantitative estimate of drug-likeness (QED) is 0.911. The number of thioether (sulfide) groups is 1. The van der Waals surface area contributed by atoms with Gasteiger partial charge in [0.05, 0.1) is 11.6 Å². The molecule has 0 saturated carbocycles. The number of amides is 1. The van der Waals surface area contributed by atoms with Crippen LogP contribution in [-0.2, 0) is 0 Å². The molecular formula is C16H13F2NOS. The Balaban J connectivity index is 1.85. The van der Waals surface area contributed by atoms with Gasteiger partial charge in [-0.1, -0.05) is 24.3 Å². The Labute approximate surface area is 125 Å². The molecule has 1 unspecified atom stereocenters.